The summed E-state index contributed by atoms with van der Waals surface area (Å²) >= 11 is 0. The average Bonchev–Trinajstić information content (AvgIpc) is 2.94. The summed E-state index contributed by atoms with van der Waals surface area (Å²) in [6.45, 7) is 6.18. The Kier molecular flexibility index (Phi) is 2.95. The van der Waals surface area contributed by atoms with Crippen LogP contribution in [0.25, 0.3) is 0 Å². The van der Waals surface area contributed by atoms with E-state index in [1.54, 1.807) is 0 Å². The molecule has 1 aliphatic carbocycles. The number of rotatable bonds is 1. The number of esters is 1. The molecule has 3 atom stereocenters. The lowest BCUT2D eigenvalue weighted by atomic mass is 9.62. The van der Waals surface area contributed by atoms with Crippen LogP contribution >= 0.6 is 0 Å². The second kappa shape index (κ2) is 3.97. The van der Waals surface area contributed by atoms with Crippen LogP contribution < -0.4 is 0 Å². The van der Waals surface area contributed by atoms with E-state index in [4.69, 9.17) is 4.74 Å². The standard InChI is InChI=1S/C14H20O4/c1-12(2)8-5-9-13(3)14(12,18-13)10(15)6-7-11(16)17-4/h10,15H,5,8-9H2,1-4H3/t10-,13+,14-/m0/s1. The number of methoxy groups -OCH3 is 1. The van der Waals surface area contributed by atoms with Gasteiger partial charge in [-0.3, -0.25) is 0 Å². The number of epoxide rings is 1. The molecule has 100 valence electrons. The van der Waals surface area contributed by atoms with Crippen molar-refractivity contribution in [2.24, 2.45) is 5.41 Å². The topological polar surface area (TPSA) is 59.1 Å². The summed E-state index contributed by atoms with van der Waals surface area (Å²) in [5.41, 5.74) is -1.12. The van der Waals surface area contributed by atoms with E-state index in [2.05, 4.69) is 30.4 Å². The molecule has 0 spiro atoms. The molecule has 0 aromatic carbocycles. The number of ether oxygens (including phenoxy) is 2. The zero-order valence-corrected chi connectivity index (χ0v) is 11.4. The van der Waals surface area contributed by atoms with Gasteiger partial charge in [-0.25, -0.2) is 4.79 Å². The Morgan fingerprint density at radius 1 is 1.39 bits per heavy atom. The molecule has 2 aliphatic rings. The molecule has 0 bridgehead atoms. The third-order valence-electron chi connectivity index (χ3n) is 4.47. The number of carbonyl (C=O) groups is 1. The van der Waals surface area contributed by atoms with Crippen LogP contribution in [0.15, 0.2) is 0 Å². The minimum absolute atomic E-state index is 0.149. The lowest BCUT2D eigenvalue weighted by molar-refractivity contribution is -0.133. The van der Waals surface area contributed by atoms with Crippen molar-refractivity contribution in [2.75, 3.05) is 7.11 Å². The Labute approximate surface area is 108 Å². The predicted molar refractivity (Wildman–Crippen MR) is 65.7 cm³/mol. The van der Waals surface area contributed by atoms with Crippen LogP contribution in [0.4, 0.5) is 0 Å². The summed E-state index contributed by atoms with van der Waals surface area (Å²) < 4.78 is 10.3. The number of fused-ring (bicyclic) bond motifs is 1. The number of carbonyl (C=O) groups excluding carboxylic acids is 1. The maximum absolute atomic E-state index is 11.0. The second-order valence-corrected chi connectivity index (χ2v) is 5.97. The summed E-state index contributed by atoms with van der Waals surface area (Å²) in [4.78, 5) is 11.0. The normalized spacial score (nSPS) is 37.8. The summed E-state index contributed by atoms with van der Waals surface area (Å²) in [5.74, 6) is 4.23. The van der Waals surface area contributed by atoms with Crippen molar-refractivity contribution in [2.45, 2.75) is 57.3 Å². The summed E-state index contributed by atoms with van der Waals surface area (Å²) in [6, 6.07) is 0. The molecule has 4 heteroatoms. The quantitative estimate of drug-likeness (QED) is 0.330. The molecule has 0 aromatic heterocycles. The molecule has 1 aliphatic heterocycles. The Hall–Kier alpha value is -1.05. The first-order valence-corrected chi connectivity index (χ1v) is 6.27. The maximum Gasteiger partial charge on any atom is 0.384 e. The highest BCUT2D eigenvalue weighted by molar-refractivity contribution is 5.88. The minimum atomic E-state index is -0.961. The summed E-state index contributed by atoms with van der Waals surface area (Å²) in [6.07, 6.45) is 2.03. The van der Waals surface area contributed by atoms with E-state index in [9.17, 15) is 9.90 Å². The van der Waals surface area contributed by atoms with Gasteiger partial charge in [-0.05, 0) is 26.2 Å². The van der Waals surface area contributed by atoms with Crippen LogP contribution in [0.5, 0.6) is 0 Å². The van der Waals surface area contributed by atoms with Gasteiger partial charge in [0.05, 0.1) is 12.7 Å². The first kappa shape index (κ1) is 13.4. The zero-order valence-electron chi connectivity index (χ0n) is 11.4. The van der Waals surface area contributed by atoms with Gasteiger partial charge in [-0.1, -0.05) is 19.8 Å². The van der Waals surface area contributed by atoms with E-state index in [0.717, 1.165) is 19.3 Å². The summed E-state index contributed by atoms with van der Waals surface area (Å²) in [5, 5.41) is 10.3. The molecule has 0 amide bonds. The highest BCUT2D eigenvalue weighted by atomic mass is 16.6. The molecular formula is C14H20O4. The molecule has 18 heavy (non-hydrogen) atoms. The SMILES string of the molecule is COC(=O)C#C[C@H](O)[C@@]12O[C@]1(C)CCCC2(C)C. The maximum atomic E-state index is 11.0. The Morgan fingerprint density at radius 2 is 2.06 bits per heavy atom. The lowest BCUT2D eigenvalue weighted by Gasteiger charge is -2.39. The van der Waals surface area contributed by atoms with Gasteiger partial charge in [0.15, 0.2) is 0 Å². The Morgan fingerprint density at radius 3 is 2.61 bits per heavy atom. The average molecular weight is 252 g/mol. The molecule has 2 rings (SSSR count). The first-order valence-electron chi connectivity index (χ1n) is 6.27. The third kappa shape index (κ3) is 1.65. The van der Waals surface area contributed by atoms with E-state index in [0.29, 0.717) is 0 Å². The number of hydrogen-bond donors (Lipinski definition) is 1. The van der Waals surface area contributed by atoms with Crippen molar-refractivity contribution < 1.29 is 19.4 Å². The zero-order chi connectivity index (χ0) is 13.6. The second-order valence-electron chi connectivity index (χ2n) is 5.97. The minimum Gasteiger partial charge on any atom is -0.459 e. The van der Waals surface area contributed by atoms with Crippen molar-refractivity contribution in [1.82, 2.24) is 0 Å². The fourth-order valence-corrected chi connectivity index (χ4v) is 3.47. The molecule has 4 nitrogen and oxygen atoms in total. The molecular weight excluding hydrogens is 232 g/mol. The van der Waals surface area contributed by atoms with Gasteiger partial charge in [0.25, 0.3) is 0 Å². The van der Waals surface area contributed by atoms with Crippen LogP contribution in [0, 0.1) is 17.3 Å². The molecule has 0 unspecified atom stereocenters. The fraction of sp³-hybridized carbons (Fsp3) is 0.786. The Balaban J connectivity index is 2.25. The third-order valence-corrected chi connectivity index (χ3v) is 4.47. The number of aliphatic hydroxyl groups excluding tert-OH is 1. The predicted octanol–water partition coefficient (Wildman–Crippen LogP) is 1.26. The molecule has 0 aromatic rings. The van der Waals surface area contributed by atoms with Crippen molar-refractivity contribution in [3.05, 3.63) is 0 Å². The van der Waals surface area contributed by atoms with Crippen LogP contribution in [0.3, 0.4) is 0 Å². The van der Waals surface area contributed by atoms with Gasteiger partial charge < -0.3 is 14.6 Å². The lowest BCUT2D eigenvalue weighted by Crippen LogP contribution is -2.50. The van der Waals surface area contributed by atoms with Gasteiger partial charge >= 0.3 is 5.97 Å². The van der Waals surface area contributed by atoms with E-state index >= 15 is 0 Å². The van der Waals surface area contributed by atoms with Crippen LogP contribution in [0.1, 0.15) is 40.0 Å². The van der Waals surface area contributed by atoms with Gasteiger partial charge in [0.1, 0.15) is 11.7 Å². The van der Waals surface area contributed by atoms with Crippen molar-refractivity contribution in [3.8, 4) is 11.8 Å². The van der Waals surface area contributed by atoms with Crippen molar-refractivity contribution in [3.63, 3.8) is 0 Å². The first-order chi connectivity index (χ1) is 8.29. The Bertz CT molecular complexity index is 431. The highest BCUT2D eigenvalue weighted by Gasteiger charge is 2.77. The van der Waals surface area contributed by atoms with Crippen molar-refractivity contribution >= 4 is 5.97 Å². The van der Waals surface area contributed by atoms with Gasteiger partial charge in [0.2, 0.25) is 0 Å². The van der Waals surface area contributed by atoms with Crippen molar-refractivity contribution in [1.29, 1.82) is 0 Å². The van der Waals surface area contributed by atoms with E-state index in [1.807, 2.05) is 6.92 Å². The smallest absolute Gasteiger partial charge is 0.384 e. The monoisotopic (exact) mass is 252 g/mol. The van der Waals surface area contributed by atoms with E-state index in [1.165, 1.54) is 7.11 Å². The van der Waals surface area contributed by atoms with E-state index in [-0.39, 0.29) is 11.0 Å². The van der Waals surface area contributed by atoms with E-state index < -0.39 is 17.7 Å². The molecule has 0 radical (unpaired) electrons. The van der Waals surface area contributed by atoms with Gasteiger partial charge in [-0.2, -0.15) is 0 Å². The van der Waals surface area contributed by atoms with Gasteiger partial charge in [-0.15, -0.1) is 0 Å². The summed E-state index contributed by atoms with van der Waals surface area (Å²) in [7, 11) is 1.27. The van der Waals surface area contributed by atoms with Crippen LogP contribution in [-0.4, -0.2) is 35.5 Å². The molecule has 1 saturated heterocycles. The van der Waals surface area contributed by atoms with Crippen LogP contribution in [-0.2, 0) is 14.3 Å². The molecule has 1 N–H and O–H groups in total. The van der Waals surface area contributed by atoms with Crippen LogP contribution in [0.2, 0.25) is 0 Å². The number of aliphatic hydroxyl groups is 1. The molecule has 2 fully saturated rings. The van der Waals surface area contributed by atoms with Gasteiger partial charge in [0, 0.05) is 11.3 Å². The largest absolute Gasteiger partial charge is 0.459 e. The molecule has 1 saturated carbocycles. The fourth-order valence-electron chi connectivity index (χ4n) is 3.47. The highest BCUT2D eigenvalue weighted by Crippen LogP contribution is 2.66. The molecule has 1 heterocycles. The number of hydrogen-bond acceptors (Lipinski definition) is 4.